The van der Waals surface area contributed by atoms with E-state index >= 15 is 0 Å². The lowest BCUT2D eigenvalue weighted by atomic mass is 10.1. The van der Waals surface area contributed by atoms with Gasteiger partial charge in [0.05, 0.1) is 13.7 Å². The first-order valence-corrected chi connectivity index (χ1v) is 8.99. The molecule has 28 heavy (non-hydrogen) atoms. The summed E-state index contributed by atoms with van der Waals surface area (Å²) in [4.78, 5) is 12.5. The van der Waals surface area contributed by atoms with E-state index in [1.165, 1.54) is 0 Å². The highest BCUT2D eigenvalue weighted by Gasteiger charge is 2.14. The average molecular weight is 376 g/mol. The van der Waals surface area contributed by atoms with Crippen LogP contribution in [0.15, 0.2) is 60.9 Å². The third-order valence-corrected chi connectivity index (χ3v) is 4.45. The molecule has 3 aromatic rings. The second-order valence-corrected chi connectivity index (χ2v) is 6.33. The van der Waals surface area contributed by atoms with Gasteiger partial charge in [0.25, 0.3) is 0 Å². The van der Waals surface area contributed by atoms with Gasteiger partial charge in [0.1, 0.15) is 19.0 Å². The average Bonchev–Trinajstić information content (AvgIpc) is 3.25. The molecular weight excluding hydrogens is 356 g/mol. The number of methoxy groups -OCH3 is 1. The van der Waals surface area contributed by atoms with Gasteiger partial charge < -0.3 is 14.2 Å². The Balaban J connectivity index is 1.53. The first kappa shape index (κ1) is 17.9. The van der Waals surface area contributed by atoms with E-state index in [9.17, 15) is 4.79 Å². The highest BCUT2D eigenvalue weighted by Crippen LogP contribution is 2.31. The number of nitrogens with zero attached hydrogens (tertiary/aromatic N) is 2. The Labute approximate surface area is 163 Å². The monoisotopic (exact) mass is 376 g/mol. The molecule has 0 amide bonds. The quantitative estimate of drug-likeness (QED) is 0.486. The van der Waals surface area contributed by atoms with Crippen molar-refractivity contribution in [3.05, 3.63) is 77.6 Å². The lowest BCUT2D eigenvalue weighted by Crippen LogP contribution is -2.15. The molecule has 1 aromatic heterocycles. The van der Waals surface area contributed by atoms with Crippen molar-refractivity contribution in [3.63, 3.8) is 0 Å². The maximum absolute atomic E-state index is 12.5. The van der Waals surface area contributed by atoms with Gasteiger partial charge in [-0.3, -0.25) is 9.48 Å². The van der Waals surface area contributed by atoms with Gasteiger partial charge in [0.2, 0.25) is 0 Å². The van der Waals surface area contributed by atoms with E-state index in [4.69, 9.17) is 14.2 Å². The SMILES string of the molecule is COc1ccc(C=CC(=O)c2ccc3c(c2)OCCO3)cc1Cn1cccn1. The Morgan fingerprint density at radius 3 is 2.82 bits per heavy atom. The van der Waals surface area contributed by atoms with Crippen molar-refractivity contribution in [2.75, 3.05) is 20.3 Å². The molecular formula is C22H20N2O4. The minimum atomic E-state index is -0.0959. The van der Waals surface area contributed by atoms with Gasteiger partial charge in [-0.15, -0.1) is 0 Å². The van der Waals surface area contributed by atoms with E-state index in [2.05, 4.69) is 5.10 Å². The summed E-state index contributed by atoms with van der Waals surface area (Å²) in [6, 6.07) is 12.9. The fourth-order valence-corrected chi connectivity index (χ4v) is 3.06. The summed E-state index contributed by atoms with van der Waals surface area (Å²) in [5.41, 5.74) is 2.46. The van der Waals surface area contributed by atoms with Gasteiger partial charge >= 0.3 is 0 Å². The fourth-order valence-electron chi connectivity index (χ4n) is 3.06. The number of hydrogen-bond acceptors (Lipinski definition) is 5. The van der Waals surface area contributed by atoms with Crippen LogP contribution in [0.25, 0.3) is 6.08 Å². The van der Waals surface area contributed by atoms with Crippen LogP contribution in [0.3, 0.4) is 0 Å². The molecule has 0 saturated heterocycles. The summed E-state index contributed by atoms with van der Waals surface area (Å²) >= 11 is 0. The summed E-state index contributed by atoms with van der Waals surface area (Å²) < 4.78 is 18.3. The van der Waals surface area contributed by atoms with Gasteiger partial charge in [-0.25, -0.2) is 0 Å². The Morgan fingerprint density at radius 2 is 2.04 bits per heavy atom. The molecule has 1 aliphatic rings. The summed E-state index contributed by atoms with van der Waals surface area (Å²) in [7, 11) is 1.64. The molecule has 2 heterocycles. The minimum absolute atomic E-state index is 0.0959. The third-order valence-electron chi connectivity index (χ3n) is 4.45. The van der Waals surface area contributed by atoms with E-state index in [1.54, 1.807) is 43.7 Å². The first-order valence-electron chi connectivity index (χ1n) is 8.99. The Bertz CT molecular complexity index is 1010. The highest BCUT2D eigenvalue weighted by molar-refractivity contribution is 6.07. The predicted molar refractivity (Wildman–Crippen MR) is 105 cm³/mol. The highest BCUT2D eigenvalue weighted by atomic mass is 16.6. The van der Waals surface area contributed by atoms with Gasteiger partial charge in [-0.05, 0) is 48.0 Å². The number of carbonyl (C=O) groups excluding carboxylic acids is 1. The van der Waals surface area contributed by atoms with Crippen LogP contribution in [-0.4, -0.2) is 35.9 Å². The number of ketones is 1. The Kier molecular flexibility index (Phi) is 5.10. The number of benzene rings is 2. The maximum atomic E-state index is 12.5. The summed E-state index contributed by atoms with van der Waals surface area (Å²) in [6.07, 6.45) is 6.99. The zero-order valence-corrected chi connectivity index (χ0v) is 15.5. The molecule has 142 valence electrons. The van der Waals surface area contributed by atoms with Crippen LogP contribution < -0.4 is 14.2 Å². The van der Waals surface area contributed by atoms with Gasteiger partial charge in [-0.1, -0.05) is 12.1 Å². The summed E-state index contributed by atoms with van der Waals surface area (Å²) in [5, 5.41) is 4.23. The molecule has 0 aliphatic carbocycles. The second kappa shape index (κ2) is 8.00. The smallest absolute Gasteiger partial charge is 0.185 e. The van der Waals surface area contributed by atoms with Crippen LogP contribution >= 0.6 is 0 Å². The van der Waals surface area contributed by atoms with Crippen LogP contribution in [0.4, 0.5) is 0 Å². The van der Waals surface area contributed by atoms with Crippen LogP contribution in [0.5, 0.6) is 17.2 Å². The van der Waals surface area contributed by atoms with Crippen molar-refractivity contribution < 1.29 is 19.0 Å². The molecule has 0 bridgehead atoms. The third kappa shape index (κ3) is 3.91. The number of ether oxygens (including phenoxy) is 3. The lowest BCUT2D eigenvalue weighted by molar-refractivity contribution is 0.104. The fraction of sp³-hybridized carbons (Fsp3) is 0.182. The topological polar surface area (TPSA) is 62.6 Å². The molecule has 1 aliphatic heterocycles. The van der Waals surface area contributed by atoms with Crippen molar-refractivity contribution in [1.29, 1.82) is 0 Å². The van der Waals surface area contributed by atoms with E-state index in [-0.39, 0.29) is 5.78 Å². The van der Waals surface area contributed by atoms with Gasteiger partial charge in [-0.2, -0.15) is 5.10 Å². The first-order chi connectivity index (χ1) is 13.7. The van der Waals surface area contributed by atoms with Crippen molar-refractivity contribution >= 4 is 11.9 Å². The molecule has 0 N–H and O–H groups in total. The normalized spacial score (nSPS) is 12.9. The standard InChI is InChI=1S/C22H20N2O4/c1-26-20-7-4-16(13-18(20)15-24-10-2-9-23-24)3-6-19(25)17-5-8-21-22(14-17)28-12-11-27-21/h2-10,13-14H,11-12,15H2,1H3. The summed E-state index contributed by atoms with van der Waals surface area (Å²) in [5.74, 6) is 1.97. The minimum Gasteiger partial charge on any atom is -0.496 e. The predicted octanol–water partition coefficient (Wildman–Crippen LogP) is 3.61. The molecule has 4 rings (SSSR count). The number of allylic oxidation sites excluding steroid dienone is 1. The van der Waals surface area contributed by atoms with Crippen molar-refractivity contribution in [1.82, 2.24) is 9.78 Å². The van der Waals surface area contributed by atoms with Gasteiger partial charge in [0, 0.05) is 23.5 Å². The van der Waals surface area contributed by atoms with E-state index in [0.29, 0.717) is 36.8 Å². The Hall–Kier alpha value is -3.54. The van der Waals surface area contributed by atoms with Crippen molar-refractivity contribution in [3.8, 4) is 17.2 Å². The van der Waals surface area contributed by atoms with Crippen molar-refractivity contribution in [2.24, 2.45) is 0 Å². The number of carbonyl (C=O) groups is 1. The van der Waals surface area contributed by atoms with Crippen LogP contribution in [-0.2, 0) is 6.54 Å². The largest absolute Gasteiger partial charge is 0.496 e. The van der Waals surface area contributed by atoms with E-state index < -0.39 is 0 Å². The molecule has 2 aromatic carbocycles. The number of hydrogen-bond donors (Lipinski definition) is 0. The number of aromatic nitrogens is 2. The van der Waals surface area contributed by atoms with Crippen LogP contribution in [0, 0.1) is 0 Å². The number of rotatable bonds is 6. The molecule has 6 heteroatoms. The Morgan fingerprint density at radius 1 is 1.18 bits per heavy atom. The van der Waals surface area contributed by atoms with Crippen LogP contribution in [0.1, 0.15) is 21.5 Å². The second-order valence-electron chi connectivity index (χ2n) is 6.33. The zero-order chi connectivity index (χ0) is 19.3. The molecule has 6 nitrogen and oxygen atoms in total. The zero-order valence-electron chi connectivity index (χ0n) is 15.5. The lowest BCUT2D eigenvalue weighted by Gasteiger charge is -2.18. The van der Waals surface area contributed by atoms with E-state index in [1.807, 2.05) is 35.1 Å². The summed E-state index contributed by atoms with van der Waals surface area (Å²) in [6.45, 7) is 1.61. The molecule has 0 saturated carbocycles. The van der Waals surface area contributed by atoms with Crippen molar-refractivity contribution in [2.45, 2.75) is 6.54 Å². The molecule has 0 atom stereocenters. The number of fused-ring (bicyclic) bond motifs is 1. The molecule has 0 spiro atoms. The molecule has 0 radical (unpaired) electrons. The van der Waals surface area contributed by atoms with Crippen LogP contribution in [0.2, 0.25) is 0 Å². The van der Waals surface area contributed by atoms with E-state index in [0.717, 1.165) is 16.9 Å². The molecule has 0 fully saturated rings. The molecule has 0 unspecified atom stereocenters. The maximum Gasteiger partial charge on any atom is 0.185 e. The van der Waals surface area contributed by atoms with Gasteiger partial charge in [0.15, 0.2) is 17.3 Å².